The number of hydrogen-bond acceptors (Lipinski definition) is 0. The third-order valence-corrected chi connectivity index (χ3v) is 9.24. The van der Waals surface area contributed by atoms with Gasteiger partial charge in [0.05, 0.1) is 0 Å². The maximum Gasteiger partial charge on any atom is -0.0241 e. The minimum absolute atomic E-state index is 0.682. The predicted octanol–water partition coefficient (Wildman–Crippen LogP) is 6.20. The van der Waals surface area contributed by atoms with E-state index in [0.29, 0.717) is 16.2 Å². The quantitative estimate of drug-likeness (QED) is 0.493. The summed E-state index contributed by atoms with van der Waals surface area (Å²) in [6, 6.07) is 0. The van der Waals surface area contributed by atoms with E-state index in [-0.39, 0.29) is 0 Å². The first-order valence-corrected chi connectivity index (χ1v) is 9.50. The molecule has 114 valence electrons. The molecule has 0 aromatic carbocycles. The Hall–Kier alpha value is 0. The van der Waals surface area contributed by atoms with Crippen molar-refractivity contribution < 1.29 is 0 Å². The Kier molecular flexibility index (Phi) is 2.91. The second-order valence-corrected chi connectivity index (χ2v) is 9.61. The minimum Gasteiger partial charge on any atom is -0.0591 e. The van der Waals surface area contributed by atoms with Crippen molar-refractivity contribution in [3.63, 3.8) is 0 Å². The van der Waals surface area contributed by atoms with Gasteiger partial charge in [0.15, 0.2) is 0 Å². The summed E-state index contributed by atoms with van der Waals surface area (Å²) in [5.41, 5.74) is 2.08. The summed E-state index contributed by atoms with van der Waals surface area (Å²) < 4.78 is 0. The highest BCUT2D eigenvalue weighted by Crippen LogP contribution is 2.71. The molecule has 0 aromatic rings. The summed E-state index contributed by atoms with van der Waals surface area (Å²) >= 11 is 0. The van der Waals surface area contributed by atoms with Crippen molar-refractivity contribution in [3.05, 3.63) is 0 Å². The van der Waals surface area contributed by atoms with E-state index in [0.717, 1.165) is 17.8 Å². The van der Waals surface area contributed by atoms with Crippen molar-refractivity contribution in [2.75, 3.05) is 0 Å². The van der Waals surface area contributed by atoms with Crippen LogP contribution < -0.4 is 0 Å². The Labute approximate surface area is 126 Å². The van der Waals surface area contributed by atoms with Crippen molar-refractivity contribution in [1.29, 1.82) is 0 Å². The summed E-state index contributed by atoms with van der Waals surface area (Å²) in [6.07, 6.45) is 16.9. The van der Waals surface area contributed by atoms with Crippen LogP contribution in [0.15, 0.2) is 0 Å². The third kappa shape index (κ3) is 1.55. The second-order valence-electron chi connectivity index (χ2n) is 9.61. The van der Waals surface area contributed by atoms with E-state index in [4.69, 9.17) is 0 Å². The monoisotopic (exact) mass is 274 g/mol. The number of hydrogen-bond donors (Lipinski definition) is 0. The number of fused-ring (bicyclic) bond motifs is 5. The Morgan fingerprint density at radius 2 is 1.50 bits per heavy atom. The van der Waals surface area contributed by atoms with Crippen molar-refractivity contribution >= 4 is 0 Å². The first-order chi connectivity index (χ1) is 9.50. The maximum atomic E-state index is 2.70. The van der Waals surface area contributed by atoms with E-state index < -0.39 is 0 Å². The van der Waals surface area contributed by atoms with Crippen molar-refractivity contribution in [3.8, 4) is 0 Å². The highest BCUT2D eigenvalue weighted by Gasteiger charge is 2.62. The van der Waals surface area contributed by atoms with Gasteiger partial charge in [0.1, 0.15) is 0 Å². The first-order valence-electron chi connectivity index (χ1n) is 9.50. The lowest BCUT2D eigenvalue weighted by molar-refractivity contribution is -0.144. The Morgan fingerprint density at radius 3 is 2.35 bits per heavy atom. The standard InChI is InChI=1S/C20H34/c1-18-11-6-13-20(18,3)17-9-8-15-7-4-5-12-19(15,2)16(17)10-14-18/h15-17H,4-14H2,1-3H3. The molecular formula is C20H34. The summed E-state index contributed by atoms with van der Waals surface area (Å²) in [5.74, 6) is 3.20. The average Bonchev–Trinajstić information content (AvgIpc) is 2.74. The van der Waals surface area contributed by atoms with Crippen LogP contribution in [-0.2, 0) is 0 Å². The molecule has 4 aliphatic carbocycles. The molecule has 0 aliphatic heterocycles. The van der Waals surface area contributed by atoms with Crippen LogP contribution in [-0.4, -0.2) is 0 Å². The molecule has 0 spiro atoms. The second kappa shape index (κ2) is 4.26. The molecule has 0 N–H and O–H groups in total. The molecule has 0 heteroatoms. The largest absolute Gasteiger partial charge is 0.0591 e. The van der Waals surface area contributed by atoms with Gasteiger partial charge in [0, 0.05) is 0 Å². The summed E-state index contributed by atoms with van der Waals surface area (Å²) in [7, 11) is 0. The van der Waals surface area contributed by atoms with E-state index in [1.165, 1.54) is 38.5 Å². The van der Waals surface area contributed by atoms with Crippen LogP contribution in [0, 0.1) is 34.0 Å². The zero-order valence-electron chi connectivity index (χ0n) is 14.0. The third-order valence-electron chi connectivity index (χ3n) is 9.24. The van der Waals surface area contributed by atoms with Crippen molar-refractivity contribution in [2.45, 2.75) is 91.4 Å². The topological polar surface area (TPSA) is 0 Å². The fraction of sp³-hybridized carbons (Fsp3) is 1.00. The van der Waals surface area contributed by atoms with Crippen LogP contribution in [0.1, 0.15) is 91.4 Å². The molecule has 6 unspecified atom stereocenters. The fourth-order valence-electron chi connectivity index (χ4n) is 7.68. The highest BCUT2D eigenvalue weighted by molar-refractivity contribution is 5.11. The van der Waals surface area contributed by atoms with Gasteiger partial charge >= 0.3 is 0 Å². The van der Waals surface area contributed by atoms with Crippen LogP contribution >= 0.6 is 0 Å². The van der Waals surface area contributed by atoms with Gasteiger partial charge in [-0.1, -0.05) is 40.0 Å². The molecule has 0 amide bonds. The van der Waals surface area contributed by atoms with Gasteiger partial charge < -0.3 is 0 Å². The van der Waals surface area contributed by atoms with Crippen LogP contribution in [0.4, 0.5) is 0 Å². The molecule has 0 bridgehead atoms. The van der Waals surface area contributed by atoms with Crippen LogP contribution in [0.25, 0.3) is 0 Å². The van der Waals surface area contributed by atoms with E-state index in [1.54, 1.807) is 32.1 Å². The van der Waals surface area contributed by atoms with Gasteiger partial charge in [0.2, 0.25) is 0 Å². The SMILES string of the molecule is CC12CCCCC1CCC1C2CCC2(C)CCCC12C. The molecule has 4 rings (SSSR count). The van der Waals surface area contributed by atoms with Gasteiger partial charge in [-0.25, -0.2) is 0 Å². The van der Waals surface area contributed by atoms with Crippen molar-refractivity contribution in [2.24, 2.45) is 34.0 Å². The first kappa shape index (κ1) is 13.6. The van der Waals surface area contributed by atoms with Gasteiger partial charge in [-0.05, 0) is 85.4 Å². The fourth-order valence-corrected chi connectivity index (χ4v) is 7.68. The van der Waals surface area contributed by atoms with E-state index in [9.17, 15) is 0 Å². The van der Waals surface area contributed by atoms with Crippen molar-refractivity contribution in [1.82, 2.24) is 0 Å². The summed E-state index contributed by atoms with van der Waals surface area (Å²) in [5, 5.41) is 0. The van der Waals surface area contributed by atoms with Gasteiger partial charge in [-0.15, -0.1) is 0 Å². The van der Waals surface area contributed by atoms with E-state index in [2.05, 4.69) is 20.8 Å². The smallest absolute Gasteiger partial charge is 0.0241 e. The highest BCUT2D eigenvalue weighted by atomic mass is 14.7. The lowest BCUT2D eigenvalue weighted by atomic mass is 9.41. The summed E-state index contributed by atoms with van der Waals surface area (Å²) in [4.78, 5) is 0. The predicted molar refractivity (Wildman–Crippen MR) is 85.6 cm³/mol. The zero-order chi connectivity index (χ0) is 14.0. The molecule has 20 heavy (non-hydrogen) atoms. The lowest BCUT2D eigenvalue weighted by Crippen LogP contribution is -2.55. The minimum atomic E-state index is 0.682. The Morgan fingerprint density at radius 1 is 0.650 bits per heavy atom. The molecule has 0 radical (unpaired) electrons. The molecule has 4 fully saturated rings. The van der Waals surface area contributed by atoms with E-state index >= 15 is 0 Å². The van der Waals surface area contributed by atoms with Gasteiger partial charge in [-0.3, -0.25) is 0 Å². The Bertz CT molecular complexity index is 399. The molecule has 0 aromatic heterocycles. The Balaban J connectivity index is 1.70. The molecule has 4 aliphatic rings. The van der Waals surface area contributed by atoms with Crippen LogP contribution in [0.3, 0.4) is 0 Å². The molecule has 0 saturated heterocycles. The van der Waals surface area contributed by atoms with Gasteiger partial charge in [0.25, 0.3) is 0 Å². The van der Waals surface area contributed by atoms with E-state index in [1.807, 2.05) is 0 Å². The molecule has 0 heterocycles. The summed E-state index contributed by atoms with van der Waals surface area (Å²) in [6.45, 7) is 8.05. The van der Waals surface area contributed by atoms with Crippen LogP contribution in [0.5, 0.6) is 0 Å². The zero-order valence-corrected chi connectivity index (χ0v) is 14.0. The molecule has 0 nitrogen and oxygen atoms in total. The maximum absolute atomic E-state index is 2.70. The van der Waals surface area contributed by atoms with Crippen LogP contribution in [0.2, 0.25) is 0 Å². The lowest BCUT2D eigenvalue weighted by Gasteiger charge is -2.63. The molecular weight excluding hydrogens is 240 g/mol. The molecule has 4 saturated carbocycles. The normalized spacial score (nSPS) is 58.6. The average molecular weight is 274 g/mol. The molecule has 6 atom stereocenters. The van der Waals surface area contributed by atoms with Gasteiger partial charge in [-0.2, -0.15) is 0 Å². The number of rotatable bonds is 0.